The molecule has 0 unspecified atom stereocenters. The second-order valence-electron chi connectivity index (χ2n) is 5.78. The maximum absolute atomic E-state index is 13.0. The molecule has 2 N–H and O–H groups in total. The first kappa shape index (κ1) is 20.4. The number of aryl methyl sites for hydroxylation is 1. The van der Waals surface area contributed by atoms with E-state index >= 15 is 0 Å². The van der Waals surface area contributed by atoms with Crippen molar-refractivity contribution in [3.05, 3.63) is 41.6 Å². The number of anilines is 2. The van der Waals surface area contributed by atoms with Crippen molar-refractivity contribution in [1.82, 2.24) is 10.1 Å². The zero-order valence-electron chi connectivity index (χ0n) is 14.8. The first-order chi connectivity index (χ1) is 12.7. The highest BCUT2D eigenvalue weighted by atomic mass is 19.4. The van der Waals surface area contributed by atoms with Gasteiger partial charge in [-0.25, -0.2) is 0 Å². The van der Waals surface area contributed by atoms with Crippen molar-refractivity contribution in [3.8, 4) is 0 Å². The molecule has 7 nitrogen and oxygen atoms in total. The van der Waals surface area contributed by atoms with Crippen LogP contribution in [0.1, 0.15) is 18.2 Å². The quantitative estimate of drug-likeness (QED) is 0.767. The Balaban J connectivity index is 1.94. The van der Waals surface area contributed by atoms with Gasteiger partial charge in [-0.3, -0.25) is 19.8 Å². The fraction of sp³-hybridized carbons (Fsp3) is 0.353. The number of nitrogens with one attached hydrogen (secondary N) is 2. The molecule has 10 heteroatoms. The number of carbonyl (C=O) groups excluding carboxylic acids is 2. The molecule has 0 spiro atoms. The average molecular weight is 384 g/mol. The molecule has 2 amide bonds. The van der Waals surface area contributed by atoms with Gasteiger partial charge >= 0.3 is 6.18 Å². The fourth-order valence-electron chi connectivity index (χ4n) is 2.31. The van der Waals surface area contributed by atoms with E-state index in [1.807, 2.05) is 0 Å². The van der Waals surface area contributed by atoms with Crippen molar-refractivity contribution < 1.29 is 27.3 Å². The van der Waals surface area contributed by atoms with E-state index in [9.17, 15) is 22.8 Å². The van der Waals surface area contributed by atoms with E-state index in [0.717, 1.165) is 6.07 Å². The molecule has 2 rings (SSSR count). The lowest BCUT2D eigenvalue weighted by atomic mass is 10.1. The lowest BCUT2D eigenvalue weighted by Gasteiger charge is -2.20. The first-order valence-electron chi connectivity index (χ1n) is 8.10. The molecule has 0 fully saturated rings. The number of rotatable bonds is 7. The molecule has 2 aromatic rings. The van der Waals surface area contributed by atoms with Crippen LogP contribution in [0, 0.1) is 6.92 Å². The Morgan fingerprint density at radius 2 is 1.78 bits per heavy atom. The van der Waals surface area contributed by atoms with E-state index in [0.29, 0.717) is 12.2 Å². The lowest BCUT2D eigenvalue weighted by molar-refractivity contribution is -0.137. The Labute approximate surface area is 153 Å². The van der Waals surface area contributed by atoms with Crippen LogP contribution in [0.5, 0.6) is 0 Å². The summed E-state index contributed by atoms with van der Waals surface area (Å²) < 4.78 is 43.8. The van der Waals surface area contributed by atoms with Crippen molar-refractivity contribution in [2.75, 3.05) is 30.3 Å². The molecular weight excluding hydrogens is 365 g/mol. The van der Waals surface area contributed by atoms with Gasteiger partial charge in [-0.15, -0.1) is 0 Å². The van der Waals surface area contributed by atoms with Crippen LogP contribution in [0.15, 0.2) is 34.9 Å². The van der Waals surface area contributed by atoms with Gasteiger partial charge in [-0.1, -0.05) is 24.2 Å². The number of hydrogen-bond acceptors (Lipinski definition) is 5. The summed E-state index contributed by atoms with van der Waals surface area (Å²) in [6, 6.07) is 6.24. The Morgan fingerprint density at radius 1 is 1.15 bits per heavy atom. The van der Waals surface area contributed by atoms with E-state index in [-0.39, 0.29) is 24.7 Å². The van der Waals surface area contributed by atoms with Gasteiger partial charge in [0, 0.05) is 6.07 Å². The van der Waals surface area contributed by atoms with Gasteiger partial charge in [0.05, 0.1) is 30.0 Å². The zero-order valence-corrected chi connectivity index (χ0v) is 14.8. The van der Waals surface area contributed by atoms with E-state index in [2.05, 4.69) is 15.8 Å². The SMILES string of the molecule is CCN(CC(=O)Nc1cc(C)no1)CC(=O)Nc1ccccc1C(F)(F)F. The third-order valence-corrected chi connectivity index (χ3v) is 3.58. The van der Waals surface area contributed by atoms with Gasteiger partial charge in [-0.05, 0) is 25.6 Å². The summed E-state index contributed by atoms with van der Waals surface area (Å²) in [5, 5.41) is 8.37. The van der Waals surface area contributed by atoms with Gasteiger partial charge in [0.1, 0.15) is 0 Å². The molecule has 1 aromatic carbocycles. The van der Waals surface area contributed by atoms with Crippen molar-refractivity contribution in [2.24, 2.45) is 0 Å². The second-order valence-corrected chi connectivity index (χ2v) is 5.78. The number of carbonyl (C=O) groups is 2. The molecule has 0 aliphatic rings. The summed E-state index contributed by atoms with van der Waals surface area (Å²) in [6.45, 7) is 3.39. The van der Waals surface area contributed by atoms with Crippen LogP contribution in [0.2, 0.25) is 0 Å². The summed E-state index contributed by atoms with van der Waals surface area (Å²) in [5.74, 6) is -0.912. The van der Waals surface area contributed by atoms with Crippen molar-refractivity contribution in [2.45, 2.75) is 20.0 Å². The number of likely N-dealkylation sites (N-methyl/N-ethyl adjacent to an activating group) is 1. The molecule has 0 bridgehead atoms. The minimum Gasteiger partial charge on any atom is -0.338 e. The van der Waals surface area contributed by atoms with Crippen LogP contribution in [-0.2, 0) is 15.8 Å². The average Bonchev–Trinajstić information content (AvgIpc) is 2.98. The maximum atomic E-state index is 13.0. The maximum Gasteiger partial charge on any atom is 0.418 e. The smallest absolute Gasteiger partial charge is 0.338 e. The summed E-state index contributed by atoms with van der Waals surface area (Å²) >= 11 is 0. The van der Waals surface area contributed by atoms with Gasteiger partial charge in [0.15, 0.2) is 0 Å². The molecule has 27 heavy (non-hydrogen) atoms. The highest BCUT2D eigenvalue weighted by molar-refractivity contribution is 5.94. The van der Waals surface area contributed by atoms with Crippen LogP contribution in [0.4, 0.5) is 24.7 Å². The van der Waals surface area contributed by atoms with E-state index in [1.165, 1.54) is 29.2 Å². The minimum atomic E-state index is -4.58. The molecule has 0 atom stereocenters. The van der Waals surface area contributed by atoms with Crippen molar-refractivity contribution >= 4 is 23.4 Å². The van der Waals surface area contributed by atoms with Crippen LogP contribution in [0.3, 0.4) is 0 Å². The van der Waals surface area contributed by atoms with Crippen LogP contribution < -0.4 is 10.6 Å². The molecule has 0 aliphatic carbocycles. The molecular formula is C17H19F3N4O3. The first-order valence-corrected chi connectivity index (χ1v) is 8.10. The monoisotopic (exact) mass is 384 g/mol. The molecule has 1 heterocycles. The summed E-state index contributed by atoms with van der Waals surface area (Å²) in [6.07, 6.45) is -4.58. The number of alkyl halides is 3. The molecule has 0 radical (unpaired) electrons. The number of benzene rings is 1. The van der Waals surface area contributed by atoms with Gasteiger partial charge in [-0.2, -0.15) is 13.2 Å². The van der Waals surface area contributed by atoms with E-state index in [1.54, 1.807) is 13.8 Å². The van der Waals surface area contributed by atoms with Crippen molar-refractivity contribution in [3.63, 3.8) is 0 Å². The normalized spacial score (nSPS) is 11.5. The molecule has 1 aromatic heterocycles. The number of amides is 2. The van der Waals surface area contributed by atoms with Crippen molar-refractivity contribution in [1.29, 1.82) is 0 Å². The summed E-state index contributed by atoms with van der Waals surface area (Å²) in [7, 11) is 0. The Bertz CT molecular complexity index is 805. The molecule has 0 aliphatic heterocycles. The van der Waals surface area contributed by atoms with Gasteiger partial charge < -0.3 is 9.84 Å². The number of nitrogens with zero attached hydrogens (tertiary/aromatic N) is 2. The minimum absolute atomic E-state index is 0.134. The molecule has 146 valence electrons. The number of aromatic nitrogens is 1. The fourth-order valence-corrected chi connectivity index (χ4v) is 2.31. The Hall–Kier alpha value is -2.88. The Kier molecular flexibility index (Phi) is 6.56. The predicted octanol–water partition coefficient (Wildman–Crippen LogP) is 2.90. The summed E-state index contributed by atoms with van der Waals surface area (Å²) in [5.41, 5.74) is -0.659. The lowest BCUT2D eigenvalue weighted by Crippen LogP contribution is -2.38. The van der Waals surface area contributed by atoms with Gasteiger partial charge in [0.2, 0.25) is 17.7 Å². The highest BCUT2D eigenvalue weighted by Crippen LogP contribution is 2.34. The molecule has 0 saturated heterocycles. The number of hydrogen-bond donors (Lipinski definition) is 2. The predicted molar refractivity (Wildman–Crippen MR) is 92.1 cm³/mol. The van der Waals surface area contributed by atoms with Crippen LogP contribution in [0.25, 0.3) is 0 Å². The number of para-hydroxylation sites is 1. The number of halogens is 3. The topological polar surface area (TPSA) is 87.5 Å². The highest BCUT2D eigenvalue weighted by Gasteiger charge is 2.33. The third kappa shape index (κ3) is 6.10. The van der Waals surface area contributed by atoms with Gasteiger partial charge in [0.25, 0.3) is 0 Å². The van der Waals surface area contributed by atoms with Crippen LogP contribution in [-0.4, -0.2) is 41.5 Å². The Morgan fingerprint density at radius 3 is 2.33 bits per heavy atom. The second kappa shape index (κ2) is 8.67. The largest absolute Gasteiger partial charge is 0.418 e. The third-order valence-electron chi connectivity index (χ3n) is 3.58. The van der Waals surface area contributed by atoms with E-state index < -0.39 is 23.6 Å². The standard InChI is InChI=1S/C17H19F3N4O3/c1-3-24(10-15(26)22-16-8-11(2)23-27-16)9-14(25)21-13-7-5-4-6-12(13)17(18,19)20/h4-8H,3,9-10H2,1-2H3,(H,21,25)(H,22,26). The van der Waals surface area contributed by atoms with Crippen LogP contribution >= 0.6 is 0 Å². The summed E-state index contributed by atoms with van der Waals surface area (Å²) in [4.78, 5) is 25.6. The zero-order chi connectivity index (χ0) is 20.0. The molecule has 0 saturated carbocycles. The van der Waals surface area contributed by atoms with E-state index in [4.69, 9.17) is 4.52 Å².